The maximum Gasteiger partial charge on any atom is 0.339 e. The van der Waals surface area contributed by atoms with Crippen LogP contribution in [0.2, 0.25) is 0 Å². The zero-order valence-electron chi connectivity index (χ0n) is 19.7. The maximum atomic E-state index is 13.3. The van der Waals surface area contributed by atoms with Gasteiger partial charge in [0.2, 0.25) is 10.0 Å². The smallest absolute Gasteiger partial charge is 0.339 e. The summed E-state index contributed by atoms with van der Waals surface area (Å²) in [5.41, 5.74) is 3.01. The van der Waals surface area contributed by atoms with Crippen molar-refractivity contribution in [1.29, 1.82) is 0 Å². The number of hydrogen-bond acceptors (Lipinski definition) is 6. The number of carbonyl (C=O) groups is 1. The van der Waals surface area contributed by atoms with E-state index >= 15 is 0 Å². The van der Waals surface area contributed by atoms with Crippen LogP contribution in [0.25, 0.3) is 11.0 Å². The molecule has 1 N–H and O–H groups in total. The van der Waals surface area contributed by atoms with E-state index in [4.69, 9.17) is 9.15 Å². The standard InChI is InChI=1S/C28H25NO6S/c1-18-11-14-21(15-12-18)36(32,33)29-26(19-7-3-2-4-8-19)28(31)34-20-13-16-23-22-9-5-6-10-24(22)27(30)35-25(23)17-20/h2-4,7-8,11-17,26,29H,5-6,9-10H2,1H3/t26-/m1/s1. The molecule has 0 radical (unpaired) electrons. The van der Waals surface area contributed by atoms with Gasteiger partial charge < -0.3 is 9.15 Å². The molecule has 1 atom stereocenters. The van der Waals surface area contributed by atoms with E-state index in [1.807, 2.05) is 6.92 Å². The average Bonchev–Trinajstić information content (AvgIpc) is 2.88. The highest BCUT2D eigenvalue weighted by Crippen LogP contribution is 2.30. The third-order valence-electron chi connectivity index (χ3n) is 6.39. The number of benzene rings is 3. The van der Waals surface area contributed by atoms with E-state index in [0.29, 0.717) is 23.1 Å². The minimum atomic E-state index is -4.02. The molecule has 8 heteroatoms. The number of esters is 1. The van der Waals surface area contributed by atoms with E-state index in [0.717, 1.165) is 35.8 Å². The van der Waals surface area contributed by atoms with Gasteiger partial charge in [-0.2, -0.15) is 4.72 Å². The molecule has 0 aliphatic heterocycles. The summed E-state index contributed by atoms with van der Waals surface area (Å²) in [6.07, 6.45) is 3.46. The van der Waals surface area contributed by atoms with E-state index in [1.165, 1.54) is 18.2 Å². The third-order valence-corrected chi connectivity index (χ3v) is 7.83. The summed E-state index contributed by atoms with van der Waals surface area (Å²) in [5, 5.41) is 0.823. The Morgan fingerprint density at radius 2 is 1.64 bits per heavy atom. The summed E-state index contributed by atoms with van der Waals surface area (Å²) in [4.78, 5) is 25.8. The van der Waals surface area contributed by atoms with Crippen molar-refractivity contribution in [3.8, 4) is 5.75 Å². The molecular weight excluding hydrogens is 478 g/mol. The Labute approximate surface area is 208 Å². The molecule has 7 nitrogen and oxygen atoms in total. The molecule has 184 valence electrons. The number of aryl methyl sites for hydroxylation is 2. The number of nitrogens with one attached hydrogen (secondary N) is 1. The van der Waals surface area contributed by atoms with E-state index < -0.39 is 22.0 Å². The molecule has 0 saturated heterocycles. The molecule has 0 unspecified atom stereocenters. The van der Waals surface area contributed by atoms with Crippen LogP contribution < -0.4 is 15.1 Å². The van der Waals surface area contributed by atoms with E-state index in [1.54, 1.807) is 54.6 Å². The molecule has 0 bridgehead atoms. The average molecular weight is 504 g/mol. The number of carbonyl (C=O) groups excluding carboxylic acids is 1. The van der Waals surface area contributed by atoms with Gasteiger partial charge in [-0.3, -0.25) is 0 Å². The zero-order valence-corrected chi connectivity index (χ0v) is 20.5. The Balaban J connectivity index is 1.46. The topological polar surface area (TPSA) is 103 Å². The van der Waals surface area contributed by atoms with Gasteiger partial charge in [-0.25, -0.2) is 18.0 Å². The molecule has 1 aliphatic rings. The molecule has 5 rings (SSSR count). The first-order valence-electron chi connectivity index (χ1n) is 11.8. The van der Waals surface area contributed by atoms with Crippen LogP contribution in [0.3, 0.4) is 0 Å². The predicted octanol–water partition coefficient (Wildman–Crippen LogP) is 4.61. The van der Waals surface area contributed by atoms with Gasteiger partial charge in [-0.1, -0.05) is 48.0 Å². The Kier molecular flexibility index (Phi) is 6.47. The molecule has 0 saturated carbocycles. The van der Waals surface area contributed by atoms with Crippen molar-refractivity contribution >= 4 is 27.0 Å². The molecule has 36 heavy (non-hydrogen) atoms. The molecule has 0 fully saturated rings. The van der Waals surface area contributed by atoms with Gasteiger partial charge in [0, 0.05) is 17.0 Å². The van der Waals surface area contributed by atoms with Crippen LogP contribution in [-0.2, 0) is 27.7 Å². The fourth-order valence-corrected chi connectivity index (χ4v) is 5.68. The third kappa shape index (κ3) is 4.82. The Morgan fingerprint density at radius 1 is 0.944 bits per heavy atom. The first kappa shape index (κ1) is 24.0. The second-order valence-corrected chi connectivity index (χ2v) is 10.6. The van der Waals surface area contributed by atoms with E-state index in [2.05, 4.69) is 4.72 Å². The van der Waals surface area contributed by atoms with Crippen molar-refractivity contribution < 1.29 is 22.4 Å². The number of fused-ring (bicyclic) bond motifs is 3. The molecular formula is C28H25NO6S. The molecule has 0 spiro atoms. The molecule has 3 aromatic carbocycles. The van der Waals surface area contributed by atoms with Gasteiger partial charge in [-0.15, -0.1) is 0 Å². The largest absolute Gasteiger partial charge is 0.425 e. The quantitative estimate of drug-likeness (QED) is 0.234. The van der Waals surface area contributed by atoms with Gasteiger partial charge >= 0.3 is 11.6 Å². The van der Waals surface area contributed by atoms with Crippen molar-refractivity contribution in [3.63, 3.8) is 0 Å². The van der Waals surface area contributed by atoms with Gasteiger partial charge in [0.1, 0.15) is 17.4 Å². The Bertz CT molecular complexity index is 1590. The minimum Gasteiger partial charge on any atom is -0.425 e. The second-order valence-electron chi connectivity index (χ2n) is 8.91. The predicted molar refractivity (Wildman–Crippen MR) is 135 cm³/mol. The summed E-state index contributed by atoms with van der Waals surface area (Å²) < 4.78 is 39.7. The van der Waals surface area contributed by atoms with Crippen molar-refractivity contribution in [2.24, 2.45) is 0 Å². The number of rotatable bonds is 6. The van der Waals surface area contributed by atoms with Crippen molar-refractivity contribution in [2.45, 2.75) is 43.5 Å². The summed E-state index contributed by atoms with van der Waals surface area (Å²) in [6, 6.07) is 18.4. The van der Waals surface area contributed by atoms with Gasteiger partial charge in [0.25, 0.3) is 0 Å². The number of sulfonamides is 1. The summed E-state index contributed by atoms with van der Waals surface area (Å²) in [6.45, 7) is 1.86. The number of ether oxygens (including phenoxy) is 1. The lowest BCUT2D eigenvalue weighted by Gasteiger charge is -2.19. The highest BCUT2D eigenvalue weighted by atomic mass is 32.2. The van der Waals surface area contributed by atoms with Crippen LogP contribution in [0.4, 0.5) is 0 Å². The van der Waals surface area contributed by atoms with E-state index in [-0.39, 0.29) is 16.3 Å². The molecule has 4 aromatic rings. The van der Waals surface area contributed by atoms with Crippen LogP contribution in [-0.4, -0.2) is 14.4 Å². The van der Waals surface area contributed by atoms with Crippen LogP contribution in [0.5, 0.6) is 5.75 Å². The first-order valence-corrected chi connectivity index (χ1v) is 13.2. The van der Waals surface area contributed by atoms with Crippen LogP contribution in [0.1, 0.15) is 41.1 Å². The molecule has 0 amide bonds. The number of hydrogen-bond donors (Lipinski definition) is 1. The maximum absolute atomic E-state index is 13.3. The fraction of sp³-hybridized carbons (Fsp3) is 0.214. The lowest BCUT2D eigenvalue weighted by Crippen LogP contribution is -2.36. The van der Waals surface area contributed by atoms with Gasteiger partial charge in [-0.05, 0) is 68.0 Å². The normalized spacial score (nSPS) is 14.2. The van der Waals surface area contributed by atoms with Gasteiger partial charge in [0.05, 0.1) is 4.90 Å². The fourth-order valence-electron chi connectivity index (χ4n) is 4.50. The summed E-state index contributed by atoms with van der Waals surface area (Å²) >= 11 is 0. The van der Waals surface area contributed by atoms with Gasteiger partial charge in [0.15, 0.2) is 0 Å². The summed E-state index contributed by atoms with van der Waals surface area (Å²) in [5.74, 6) is -0.654. The molecule has 1 aliphatic carbocycles. The van der Waals surface area contributed by atoms with Crippen LogP contribution >= 0.6 is 0 Å². The second kappa shape index (κ2) is 9.72. The van der Waals surface area contributed by atoms with E-state index in [9.17, 15) is 18.0 Å². The van der Waals surface area contributed by atoms with Crippen LogP contribution in [0.15, 0.2) is 86.9 Å². The lowest BCUT2D eigenvalue weighted by atomic mass is 9.91. The molecule has 1 heterocycles. The highest BCUT2D eigenvalue weighted by Gasteiger charge is 2.29. The highest BCUT2D eigenvalue weighted by molar-refractivity contribution is 7.89. The van der Waals surface area contributed by atoms with Crippen molar-refractivity contribution in [1.82, 2.24) is 4.72 Å². The Morgan fingerprint density at radius 3 is 2.36 bits per heavy atom. The molecule has 1 aromatic heterocycles. The Hall–Kier alpha value is -3.75. The SMILES string of the molecule is Cc1ccc(S(=O)(=O)N[C@@H](C(=O)Oc2ccc3c4c(c(=O)oc3c2)CCCC4)c2ccccc2)cc1. The van der Waals surface area contributed by atoms with Crippen molar-refractivity contribution in [2.75, 3.05) is 0 Å². The van der Waals surface area contributed by atoms with Crippen LogP contribution in [0, 0.1) is 6.92 Å². The monoisotopic (exact) mass is 503 g/mol. The first-order chi connectivity index (χ1) is 17.3. The lowest BCUT2D eigenvalue weighted by molar-refractivity contribution is -0.136. The minimum absolute atomic E-state index is 0.0408. The van der Waals surface area contributed by atoms with Crippen molar-refractivity contribution in [3.05, 3.63) is 105 Å². The zero-order chi connectivity index (χ0) is 25.3. The summed E-state index contributed by atoms with van der Waals surface area (Å²) in [7, 11) is -4.02.